The molecule has 26 heavy (non-hydrogen) atoms. The van der Waals surface area contributed by atoms with Gasteiger partial charge in [-0.3, -0.25) is 19.9 Å². The van der Waals surface area contributed by atoms with Crippen molar-refractivity contribution in [3.05, 3.63) is 40.1 Å². The Bertz CT molecular complexity index is 820. The molecule has 138 valence electrons. The van der Waals surface area contributed by atoms with Crippen LogP contribution in [-0.4, -0.2) is 27.1 Å². The number of unbranched alkanes of at least 4 members (excludes halogenated alkanes) is 4. The van der Waals surface area contributed by atoms with E-state index in [4.69, 9.17) is 0 Å². The Labute approximate surface area is 151 Å². The SMILES string of the molecule is CCCCCCCC(=O)N/N=C\c1cc([N+](=O)[O-])c(O)c2ncccc12. The van der Waals surface area contributed by atoms with Gasteiger partial charge in [-0.15, -0.1) is 0 Å². The third kappa shape index (κ3) is 4.98. The number of hydrazone groups is 1. The number of nitro benzene ring substituents is 1. The van der Waals surface area contributed by atoms with Crippen LogP contribution >= 0.6 is 0 Å². The monoisotopic (exact) mass is 358 g/mol. The maximum Gasteiger partial charge on any atom is 0.313 e. The van der Waals surface area contributed by atoms with Gasteiger partial charge >= 0.3 is 5.69 Å². The van der Waals surface area contributed by atoms with Crippen molar-refractivity contribution >= 4 is 28.7 Å². The first-order valence-electron chi connectivity index (χ1n) is 8.61. The van der Waals surface area contributed by atoms with E-state index in [1.165, 1.54) is 24.9 Å². The summed E-state index contributed by atoms with van der Waals surface area (Å²) >= 11 is 0. The second-order valence-corrected chi connectivity index (χ2v) is 5.95. The van der Waals surface area contributed by atoms with Gasteiger partial charge in [0.1, 0.15) is 5.52 Å². The third-order valence-electron chi connectivity index (χ3n) is 3.97. The second kappa shape index (κ2) is 9.45. The van der Waals surface area contributed by atoms with Crippen LogP contribution in [0.3, 0.4) is 0 Å². The van der Waals surface area contributed by atoms with E-state index in [-0.39, 0.29) is 11.4 Å². The standard InChI is InChI=1S/C18H22N4O4/c1-2-3-4-5-6-9-16(23)21-20-12-13-11-15(22(25)26)18(24)17-14(13)8-7-10-19-17/h7-8,10-12,24H,2-6,9H2,1H3,(H,21,23)/b20-12-. The Morgan fingerprint density at radius 3 is 2.88 bits per heavy atom. The largest absolute Gasteiger partial charge is 0.501 e. The fraction of sp³-hybridized carbons (Fsp3) is 0.389. The minimum Gasteiger partial charge on any atom is -0.501 e. The van der Waals surface area contributed by atoms with Crippen LogP contribution in [-0.2, 0) is 4.79 Å². The first-order valence-corrected chi connectivity index (χ1v) is 8.61. The van der Waals surface area contributed by atoms with E-state index in [9.17, 15) is 20.0 Å². The molecule has 0 aliphatic heterocycles. The van der Waals surface area contributed by atoms with Crippen molar-refractivity contribution < 1.29 is 14.8 Å². The number of aromatic nitrogens is 1. The molecule has 0 saturated heterocycles. The summed E-state index contributed by atoms with van der Waals surface area (Å²) in [7, 11) is 0. The molecular weight excluding hydrogens is 336 g/mol. The maximum atomic E-state index is 11.8. The van der Waals surface area contributed by atoms with Crippen molar-refractivity contribution in [1.82, 2.24) is 10.4 Å². The molecule has 8 nitrogen and oxygen atoms in total. The Kier molecular flexibility index (Phi) is 7.02. The molecule has 0 bridgehead atoms. The number of nitrogens with one attached hydrogen (secondary N) is 1. The van der Waals surface area contributed by atoms with E-state index < -0.39 is 16.4 Å². The molecule has 1 aromatic carbocycles. The molecule has 2 aromatic rings. The lowest BCUT2D eigenvalue weighted by Gasteiger charge is -2.05. The van der Waals surface area contributed by atoms with E-state index in [1.807, 2.05) is 0 Å². The number of nitro groups is 1. The van der Waals surface area contributed by atoms with Crippen LogP contribution in [0.1, 0.15) is 51.0 Å². The molecule has 0 unspecified atom stereocenters. The molecule has 2 N–H and O–H groups in total. The number of nitrogens with zero attached hydrogens (tertiary/aromatic N) is 3. The van der Waals surface area contributed by atoms with E-state index in [2.05, 4.69) is 22.4 Å². The molecule has 1 amide bonds. The third-order valence-corrected chi connectivity index (χ3v) is 3.97. The minimum absolute atomic E-state index is 0.116. The predicted molar refractivity (Wildman–Crippen MR) is 99.2 cm³/mol. The zero-order valence-corrected chi connectivity index (χ0v) is 14.6. The molecule has 0 fully saturated rings. The zero-order valence-electron chi connectivity index (χ0n) is 14.6. The van der Waals surface area contributed by atoms with E-state index in [1.54, 1.807) is 12.1 Å². The molecule has 1 aromatic heterocycles. The zero-order chi connectivity index (χ0) is 18.9. The average molecular weight is 358 g/mol. The molecule has 0 radical (unpaired) electrons. The molecule has 0 saturated carbocycles. The molecule has 2 rings (SSSR count). The second-order valence-electron chi connectivity index (χ2n) is 5.95. The number of hydrogen-bond acceptors (Lipinski definition) is 6. The van der Waals surface area contributed by atoms with Crippen molar-refractivity contribution in [1.29, 1.82) is 0 Å². The first kappa shape index (κ1) is 19.3. The van der Waals surface area contributed by atoms with Crippen LogP contribution in [0.2, 0.25) is 0 Å². The number of aromatic hydroxyl groups is 1. The fourth-order valence-electron chi connectivity index (χ4n) is 2.61. The highest BCUT2D eigenvalue weighted by molar-refractivity contribution is 6.02. The number of phenols is 1. The van der Waals surface area contributed by atoms with Gasteiger partial charge in [0.05, 0.1) is 11.1 Å². The van der Waals surface area contributed by atoms with E-state index in [0.717, 1.165) is 25.7 Å². The highest BCUT2D eigenvalue weighted by Crippen LogP contribution is 2.34. The van der Waals surface area contributed by atoms with Crippen molar-refractivity contribution in [2.45, 2.75) is 45.4 Å². The minimum atomic E-state index is -0.685. The van der Waals surface area contributed by atoms with Crippen LogP contribution in [0.4, 0.5) is 5.69 Å². The van der Waals surface area contributed by atoms with Crippen molar-refractivity contribution in [3.63, 3.8) is 0 Å². The molecular formula is C18H22N4O4. The smallest absolute Gasteiger partial charge is 0.313 e. The van der Waals surface area contributed by atoms with E-state index >= 15 is 0 Å². The summed E-state index contributed by atoms with van der Waals surface area (Å²) in [6.07, 6.45) is 8.39. The quantitative estimate of drug-likeness (QED) is 0.307. The van der Waals surface area contributed by atoms with Gasteiger partial charge in [-0.1, -0.05) is 38.7 Å². The van der Waals surface area contributed by atoms with Gasteiger partial charge in [-0.25, -0.2) is 5.43 Å². The summed E-state index contributed by atoms with van der Waals surface area (Å²) in [5.74, 6) is -0.688. The summed E-state index contributed by atoms with van der Waals surface area (Å²) in [5, 5.41) is 25.5. The number of hydrogen-bond donors (Lipinski definition) is 2. The van der Waals surface area contributed by atoms with Crippen LogP contribution in [0.25, 0.3) is 10.9 Å². The van der Waals surface area contributed by atoms with Crippen LogP contribution in [0.15, 0.2) is 29.5 Å². The highest BCUT2D eigenvalue weighted by atomic mass is 16.6. The molecule has 8 heteroatoms. The van der Waals surface area contributed by atoms with Gasteiger partial charge < -0.3 is 5.11 Å². The lowest BCUT2D eigenvalue weighted by Crippen LogP contribution is -2.16. The number of carbonyl (C=O) groups is 1. The molecule has 0 aliphatic carbocycles. The van der Waals surface area contributed by atoms with Gasteiger partial charge in [-0.05, 0) is 12.5 Å². The molecule has 0 aliphatic rings. The lowest BCUT2D eigenvalue weighted by atomic mass is 10.1. The number of phenolic OH excluding ortho intramolecular Hbond substituents is 1. The first-order chi connectivity index (χ1) is 12.5. The van der Waals surface area contributed by atoms with Gasteiger partial charge in [0.15, 0.2) is 0 Å². The number of pyridine rings is 1. The Morgan fingerprint density at radius 1 is 1.38 bits per heavy atom. The van der Waals surface area contributed by atoms with E-state index in [0.29, 0.717) is 17.4 Å². The summed E-state index contributed by atoms with van der Waals surface area (Å²) in [6.45, 7) is 2.13. The highest BCUT2D eigenvalue weighted by Gasteiger charge is 2.19. The number of carbonyl (C=O) groups excluding carboxylic acids is 1. The van der Waals surface area contributed by atoms with Crippen molar-refractivity contribution in [3.8, 4) is 5.75 Å². The topological polar surface area (TPSA) is 118 Å². The number of benzene rings is 1. The van der Waals surface area contributed by atoms with Gasteiger partial charge in [0, 0.05) is 29.6 Å². The van der Waals surface area contributed by atoms with Crippen molar-refractivity contribution in [2.75, 3.05) is 0 Å². The Hall–Kier alpha value is -3.03. The summed E-state index contributed by atoms with van der Waals surface area (Å²) in [4.78, 5) is 26.2. The van der Waals surface area contributed by atoms with Gasteiger partial charge in [0.2, 0.25) is 11.7 Å². The normalized spacial score (nSPS) is 11.1. The lowest BCUT2D eigenvalue weighted by molar-refractivity contribution is -0.385. The summed E-state index contributed by atoms with van der Waals surface area (Å²) in [6, 6.07) is 4.53. The molecule has 0 spiro atoms. The Morgan fingerprint density at radius 2 is 2.15 bits per heavy atom. The summed E-state index contributed by atoms with van der Waals surface area (Å²) < 4.78 is 0. The number of fused-ring (bicyclic) bond motifs is 1. The van der Waals surface area contributed by atoms with Crippen LogP contribution in [0.5, 0.6) is 5.75 Å². The average Bonchev–Trinajstić information content (AvgIpc) is 2.63. The van der Waals surface area contributed by atoms with Gasteiger partial charge in [0.25, 0.3) is 0 Å². The number of rotatable bonds is 9. The maximum absolute atomic E-state index is 11.8. The number of amides is 1. The molecule has 0 atom stereocenters. The predicted octanol–water partition coefficient (Wildman–Crippen LogP) is 3.66. The van der Waals surface area contributed by atoms with Crippen LogP contribution < -0.4 is 5.43 Å². The Balaban J connectivity index is 2.08. The summed E-state index contributed by atoms with van der Waals surface area (Å²) in [5.41, 5.74) is 2.48. The van der Waals surface area contributed by atoms with Crippen LogP contribution in [0, 0.1) is 10.1 Å². The van der Waals surface area contributed by atoms with Crippen molar-refractivity contribution in [2.24, 2.45) is 5.10 Å². The fourth-order valence-corrected chi connectivity index (χ4v) is 2.61. The van der Waals surface area contributed by atoms with Gasteiger partial charge in [-0.2, -0.15) is 5.10 Å². The molecule has 1 heterocycles.